The Balaban J connectivity index is 2.57. The van der Waals surface area contributed by atoms with Crippen molar-refractivity contribution in [2.45, 2.75) is 0 Å². The summed E-state index contributed by atoms with van der Waals surface area (Å²) >= 11 is 0.984. The molecule has 2 aromatic rings. The molecule has 2 rings (SSSR count). The fourth-order valence-electron chi connectivity index (χ4n) is 1.35. The lowest BCUT2D eigenvalue weighted by Crippen LogP contribution is -2.31. The number of carbonyl (C=O) groups excluding carboxylic acids is 1. The molecule has 1 aromatic carbocycles. The van der Waals surface area contributed by atoms with Crippen molar-refractivity contribution in [1.82, 2.24) is 10.4 Å². The van der Waals surface area contributed by atoms with E-state index in [0.717, 1.165) is 16.9 Å². The molecular formula is C10H9N3O2S. The van der Waals surface area contributed by atoms with Gasteiger partial charge in [0.25, 0.3) is 5.91 Å². The van der Waals surface area contributed by atoms with E-state index in [2.05, 4.69) is 4.98 Å². The average Bonchev–Trinajstić information content (AvgIpc) is 2.71. The maximum absolute atomic E-state index is 11.4. The molecule has 1 aromatic heterocycles. The summed E-state index contributed by atoms with van der Waals surface area (Å²) in [5, 5.41) is 0. The number of amides is 1. The highest BCUT2D eigenvalue weighted by molar-refractivity contribution is 7.13. The van der Waals surface area contributed by atoms with Crippen LogP contribution in [0.3, 0.4) is 0 Å². The number of nitrogen functional groups attached to an aromatic ring is 1. The van der Waals surface area contributed by atoms with E-state index in [-0.39, 0.29) is 10.6 Å². The number of rotatable bonds is 2. The lowest BCUT2D eigenvalue weighted by Gasteiger charge is -2.00. The second-order valence-electron chi connectivity index (χ2n) is 3.06. The zero-order valence-electron chi connectivity index (χ0n) is 8.19. The van der Waals surface area contributed by atoms with Gasteiger partial charge in [0.2, 0.25) is 0 Å². The molecule has 4 N–H and O–H groups in total. The first kappa shape index (κ1) is 10.6. The molecular weight excluding hydrogens is 226 g/mol. The lowest BCUT2D eigenvalue weighted by molar-refractivity contribution is 0.0950. The van der Waals surface area contributed by atoms with Crippen LogP contribution < -0.4 is 16.1 Å². The minimum atomic E-state index is -0.503. The van der Waals surface area contributed by atoms with Gasteiger partial charge in [0.15, 0.2) is 0 Å². The van der Waals surface area contributed by atoms with E-state index in [1.54, 1.807) is 0 Å². The van der Waals surface area contributed by atoms with Crippen LogP contribution in [0.1, 0.15) is 10.5 Å². The monoisotopic (exact) mass is 235 g/mol. The number of hydrogen-bond acceptors (Lipinski definition) is 4. The molecule has 0 unspecified atom stereocenters. The molecule has 0 aliphatic rings. The van der Waals surface area contributed by atoms with E-state index < -0.39 is 5.91 Å². The number of thiazole rings is 1. The van der Waals surface area contributed by atoms with Crippen molar-refractivity contribution in [2.75, 3.05) is 0 Å². The highest BCUT2D eigenvalue weighted by Gasteiger charge is 2.15. The molecule has 0 bridgehead atoms. The minimum Gasteiger partial charge on any atom is -0.308 e. The molecule has 0 saturated heterocycles. The molecule has 5 nitrogen and oxygen atoms in total. The Morgan fingerprint density at radius 2 is 2.00 bits per heavy atom. The third kappa shape index (κ3) is 1.88. The van der Waals surface area contributed by atoms with Gasteiger partial charge in [-0.2, -0.15) is 0 Å². The van der Waals surface area contributed by atoms with E-state index in [0.29, 0.717) is 4.88 Å². The minimum absolute atomic E-state index is 0.198. The molecule has 1 amide bonds. The van der Waals surface area contributed by atoms with Crippen LogP contribution in [0.2, 0.25) is 0 Å². The normalized spacial score (nSPS) is 10.1. The SMILES string of the molecule is NNC(=O)c1[nH]c(=O)sc1-c1ccccc1. The molecule has 0 saturated carbocycles. The van der Waals surface area contributed by atoms with Gasteiger partial charge < -0.3 is 4.98 Å². The predicted molar refractivity (Wildman–Crippen MR) is 62.0 cm³/mol. The van der Waals surface area contributed by atoms with E-state index in [9.17, 15) is 9.59 Å². The van der Waals surface area contributed by atoms with Crippen molar-refractivity contribution in [2.24, 2.45) is 5.84 Å². The van der Waals surface area contributed by atoms with Crippen molar-refractivity contribution in [3.05, 3.63) is 45.7 Å². The number of aromatic nitrogens is 1. The summed E-state index contributed by atoms with van der Waals surface area (Å²) in [6.07, 6.45) is 0. The molecule has 16 heavy (non-hydrogen) atoms. The Labute approximate surface area is 94.9 Å². The van der Waals surface area contributed by atoms with Crippen LogP contribution in [0, 0.1) is 0 Å². The Hall–Kier alpha value is -1.92. The number of H-pyrrole nitrogens is 1. The third-order valence-electron chi connectivity index (χ3n) is 2.04. The molecule has 6 heteroatoms. The van der Waals surface area contributed by atoms with Crippen LogP contribution in [0.15, 0.2) is 35.1 Å². The van der Waals surface area contributed by atoms with Crippen molar-refractivity contribution in [3.8, 4) is 10.4 Å². The Morgan fingerprint density at radius 3 is 2.62 bits per heavy atom. The molecule has 1 heterocycles. The van der Waals surface area contributed by atoms with Crippen molar-refractivity contribution >= 4 is 17.2 Å². The smallest absolute Gasteiger partial charge is 0.305 e. The van der Waals surface area contributed by atoms with Crippen molar-refractivity contribution in [1.29, 1.82) is 0 Å². The summed E-state index contributed by atoms with van der Waals surface area (Å²) in [6.45, 7) is 0. The van der Waals surface area contributed by atoms with Gasteiger partial charge in [0.1, 0.15) is 5.69 Å². The average molecular weight is 235 g/mol. The number of benzene rings is 1. The standard InChI is InChI=1S/C10H9N3O2S/c11-13-9(14)7-8(16-10(15)12-7)6-4-2-1-3-5-6/h1-5H,11H2,(H,12,15)(H,13,14). The number of hydrazine groups is 1. The van der Waals surface area contributed by atoms with E-state index in [4.69, 9.17) is 5.84 Å². The largest absolute Gasteiger partial charge is 0.308 e. The quantitative estimate of drug-likeness (QED) is 0.407. The van der Waals surface area contributed by atoms with Gasteiger partial charge in [0.05, 0.1) is 4.88 Å². The fourth-order valence-corrected chi connectivity index (χ4v) is 2.19. The van der Waals surface area contributed by atoms with Gasteiger partial charge in [-0.25, -0.2) is 5.84 Å². The molecule has 0 spiro atoms. The number of nitrogens with two attached hydrogens (primary N) is 1. The number of aromatic amines is 1. The van der Waals surface area contributed by atoms with Crippen LogP contribution in [0.5, 0.6) is 0 Å². The highest BCUT2D eigenvalue weighted by Crippen LogP contribution is 2.24. The van der Waals surface area contributed by atoms with Crippen molar-refractivity contribution in [3.63, 3.8) is 0 Å². The number of carbonyl (C=O) groups is 1. The molecule has 0 atom stereocenters. The maximum atomic E-state index is 11.4. The summed E-state index contributed by atoms with van der Waals surface area (Å²) in [5.41, 5.74) is 3.01. The molecule has 0 radical (unpaired) electrons. The second-order valence-corrected chi connectivity index (χ2v) is 4.04. The van der Waals surface area contributed by atoms with Gasteiger partial charge in [-0.15, -0.1) is 0 Å². The van der Waals surface area contributed by atoms with Crippen LogP contribution in [0.25, 0.3) is 10.4 Å². The van der Waals surface area contributed by atoms with E-state index >= 15 is 0 Å². The maximum Gasteiger partial charge on any atom is 0.305 e. The van der Waals surface area contributed by atoms with Crippen LogP contribution >= 0.6 is 11.3 Å². The molecule has 0 fully saturated rings. The van der Waals surface area contributed by atoms with Gasteiger partial charge in [-0.3, -0.25) is 15.0 Å². The van der Waals surface area contributed by atoms with Crippen molar-refractivity contribution < 1.29 is 4.79 Å². The molecule has 0 aliphatic carbocycles. The molecule has 0 aliphatic heterocycles. The summed E-state index contributed by atoms with van der Waals surface area (Å²) in [7, 11) is 0. The second kappa shape index (κ2) is 4.30. The lowest BCUT2D eigenvalue weighted by atomic mass is 10.1. The van der Waals surface area contributed by atoms with E-state index in [1.807, 2.05) is 35.8 Å². The van der Waals surface area contributed by atoms with Crippen LogP contribution in [-0.4, -0.2) is 10.9 Å². The zero-order chi connectivity index (χ0) is 11.5. The summed E-state index contributed by atoms with van der Waals surface area (Å²) in [4.78, 5) is 25.4. The van der Waals surface area contributed by atoms with Gasteiger partial charge in [0, 0.05) is 0 Å². The topological polar surface area (TPSA) is 88.0 Å². The van der Waals surface area contributed by atoms with Gasteiger partial charge in [-0.1, -0.05) is 41.7 Å². The first-order valence-corrected chi connectivity index (χ1v) is 5.33. The number of nitrogens with one attached hydrogen (secondary N) is 2. The first-order chi connectivity index (χ1) is 7.72. The Morgan fingerprint density at radius 1 is 1.31 bits per heavy atom. The molecule has 82 valence electrons. The van der Waals surface area contributed by atoms with Crippen LogP contribution in [0.4, 0.5) is 0 Å². The fraction of sp³-hybridized carbons (Fsp3) is 0. The van der Waals surface area contributed by atoms with E-state index in [1.165, 1.54) is 0 Å². The zero-order valence-corrected chi connectivity index (χ0v) is 9.01. The van der Waals surface area contributed by atoms with Gasteiger partial charge in [-0.05, 0) is 5.56 Å². The third-order valence-corrected chi connectivity index (χ3v) is 2.97. The summed E-state index contributed by atoms with van der Waals surface area (Å²) < 4.78 is 0. The Bertz CT molecular complexity index is 559. The summed E-state index contributed by atoms with van der Waals surface area (Å²) in [6, 6.07) is 9.19. The summed E-state index contributed by atoms with van der Waals surface area (Å²) in [5.74, 6) is 4.54. The van der Waals surface area contributed by atoms with Gasteiger partial charge >= 0.3 is 4.87 Å². The highest BCUT2D eigenvalue weighted by atomic mass is 32.1. The number of hydrogen-bond donors (Lipinski definition) is 3. The first-order valence-electron chi connectivity index (χ1n) is 4.52. The predicted octanol–water partition coefficient (Wildman–Crippen LogP) is 0.707. The van der Waals surface area contributed by atoms with Crippen LogP contribution in [-0.2, 0) is 0 Å². The Kier molecular flexibility index (Phi) is 2.84.